The summed E-state index contributed by atoms with van der Waals surface area (Å²) in [5.41, 5.74) is 1.60. The Morgan fingerprint density at radius 3 is 2.34 bits per heavy atom. The van der Waals surface area contributed by atoms with Crippen LogP contribution in [0, 0.1) is 5.82 Å². The van der Waals surface area contributed by atoms with Gasteiger partial charge in [-0.05, 0) is 48.0 Å². The van der Waals surface area contributed by atoms with E-state index in [1.807, 2.05) is 0 Å². The van der Waals surface area contributed by atoms with Gasteiger partial charge in [0.05, 0.1) is 27.5 Å². The van der Waals surface area contributed by atoms with E-state index < -0.39 is 11.7 Å². The highest BCUT2D eigenvalue weighted by Gasteiger charge is 2.31. The number of hydrogen-bond donors (Lipinski definition) is 0. The molecule has 2 nitrogen and oxygen atoms in total. The van der Waals surface area contributed by atoms with Crippen LogP contribution in [0.5, 0.6) is 0 Å². The molecule has 0 saturated heterocycles. The Hall–Kier alpha value is -2.48. The molecular weight excluding hydrogens is 483 g/mol. The minimum Gasteiger partial charge on any atom is -0.287 e. The van der Waals surface area contributed by atoms with E-state index in [1.165, 1.54) is 30.0 Å². The molecule has 0 atom stereocenters. The number of thioether (sulfide) groups is 1. The average molecular weight is 497 g/mol. The molecule has 0 aliphatic heterocycles. The summed E-state index contributed by atoms with van der Waals surface area (Å²) < 4.78 is 54.8. The molecule has 164 valence electrons. The van der Waals surface area contributed by atoms with Crippen molar-refractivity contribution < 1.29 is 17.6 Å². The minimum absolute atomic E-state index is 0.306. The zero-order chi connectivity index (χ0) is 22.9. The van der Waals surface area contributed by atoms with Gasteiger partial charge in [-0.15, -0.1) is 0 Å². The Bertz CT molecular complexity index is 1250. The predicted molar refractivity (Wildman–Crippen MR) is 120 cm³/mol. The molecule has 0 amide bonds. The van der Waals surface area contributed by atoms with Crippen molar-refractivity contribution >= 4 is 35.0 Å². The van der Waals surface area contributed by atoms with E-state index in [9.17, 15) is 17.6 Å². The average Bonchev–Trinajstić information content (AvgIpc) is 3.19. The summed E-state index contributed by atoms with van der Waals surface area (Å²) in [5, 5.41) is 1.17. The van der Waals surface area contributed by atoms with Crippen LogP contribution >= 0.6 is 35.0 Å². The monoisotopic (exact) mass is 496 g/mol. The molecule has 1 aromatic heterocycles. The van der Waals surface area contributed by atoms with Crippen molar-refractivity contribution in [1.82, 2.24) is 9.55 Å². The highest BCUT2D eigenvalue weighted by Crippen LogP contribution is 2.36. The molecule has 32 heavy (non-hydrogen) atoms. The Morgan fingerprint density at radius 2 is 1.66 bits per heavy atom. The van der Waals surface area contributed by atoms with E-state index in [2.05, 4.69) is 4.98 Å². The highest BCUT2D eigenvalue weighted by atomic mass is 35.5. The van der Waals surface area contributed by atoms with Crippen molar-refractivity contribution in [3.63, 3.8) is 0 Å². The van der Waals surface area contributed by atoms with Crippen molar-refractivity contribution in [3.8, 4) is 16.9 Å². The van der Waals surface area contributed by atoms with Crippen LogP contribution in [0.25, 0.3) is 16.9 Å². The van der Waals surface area contributed by atoms with Gasteiger partial charge in [-0.2, -0.15) is 13.2 Å². The topological polar surface area (TPSA) is 17.8 Å². The number of nitrogens with zero attached hydrogens (tertiary/aromatic N) is 2. The molecule has 3 aromatic carbocycles. The summed E-state index contributed by atoms with van der Waals surface area (Å²) in [7, 11) is 0. The normalized spacial score (nSPS) is 11.7. The van der Waals surface area contributed by atoms with Gasteiger partial charge in [-0.25, -0.2) is 9.37 Å². The first-order chi connectivity index (χ1) is 15.2. The lowest BCUT2D eigenvalue weighted by atomic mass is 10.1. The van der Waals surface area contributed by atoms with Crippen LogP contribution in [0.3, 0.4) is 0 Å². The molecule has 0 aliphatic rings. The van der Waals surface area contributed by atoms with E-state index in [0.29, 0.717) is 37.9 Å². The Morgan fingerprint density at radius 1 is 0.906 bits per heavy atom. The maximum Gasteiger partial charge on any atom is 0.416 e. The van der Waals surface area contributed by atoms with Gasteiger partial charge in [-0.3, -0.25) is 4.57 Å². The van der Waals surface area contributed by atoms with Crippen LogP contribution in [-0.4, -0.2) is 9.55 Å². The largest absolute Gasteiger partial charge is 0.416 e. The molecule has 9 heteroatoms. The van der Waals surface area contributed by atoms with E-state index in [4.69, 9.17) is 23.2 Å². The third-order valence-corrected chi connectivity index (χ3v) is 6.42. The summed E-state index contributed by atoms with van der Waals surface area (Å²) in [6, 6.07) is 16.0. The zero-order valence-corrected chi connectivity index (χ0v) is 18.5. The fraction of sp³-hybridized carbons (Fsp3) is 0.0870. The van der Waals surface area contributed by atoms with Crippen molar-refractivity contribution in [2.45, 2.75) is 17.1 Å². The summed E-state index contributed by atoms with van der Waals surface area (Å²) >= 11 is 13.5. The summed E-state index contributed by atoms with van der Waals surface area (Å²) in [5.74, 6) is 0.114. The SMILES string of the molecule is Fc1ccc(CSc2ncc(-c3ccc(Cl)c(Cl)c3)n2-c2cccc(C(F)(F)F)c2)cc1. The van der Waals surface area contributed by atoms with Gasteiger partial charge < -0.3 is 0 Å². The minimum atomic E-state index is -4.48. The summed E-state index contributed by atoms with van der Waals surface area (Å²) in [4.78, 5) is 4.44. The number of imidazole rings is 1. The summed E-state index contributed by atoms with van der Waals surface area (Å²) in [6.45, 7) is 0. The molecule has 0 bridgehead atoms. The Balaban J connectivity index is 1.79. The summed E-state index contributed by atoms with van der Waals surface area (Å²) in [6.07, 6.45) is -2.91. The van der Waals surface area contributed by atoms with E-state index in [-0.39, 0.29) is 5.82 Å². The van der Waals surface area contributed by atoms with E-state index >= 15 is 0 Å². The molecule has 1 heterocycles. The number of aromatic nitrogens is 2. The molecule has 4 rings (SSSR count). The standard InChI is InChI=1S/C23H14Cl2F4N2S/c24-19-9-6-15(10-20(19)25)21-12-30-22(32-13-14-4-7-17(26)8-5-14)31(21)18-3-1-2-16(11-18)23(27,28)29/h1-12H,13H2. The molecule has 0 saturated carbocycles. The van der Waals surface area contributed by atoms with Crippen molar-refractivity contribution in [2.75, 3.05) is 0 Å². The second kappa shape index (κ2) is 9.17. The van der Waals surface area contributed by atoms with Crippen LogP contribution in [0.15, 0.2) is 78.1 Å². The van der Waals surface area contributed by atoms with Crippen LogP contribution in [0.2, 0.25) is 10.0 Å². The van der Waals surface area contributed by atoms with E-state index in [1.54, 1.807) is 47.2 Å². The lowest BCUT2D eigenvalue weighted by molar-refractivity contribution is -0.137. The predicted octanol–water partition coefficient (Wildman–Crippen LogP) is 8.30. The highest BCUT2D eigenvalue weighted by molar-refractivity contribution is 7.98. The van der Waals surface area contributed by atoms with Crippen molar-refractivity contribution in [2.24, 2.45) is 0 Å². The molecule has 0 spiro atoms. The van der Waals surface area contributed by atoms with Gasteiger partial charge in [0.2, 0.25) is 0 Å². The van der Waals surface area contributed by atoms with Gasteiger partial charge in [0.1, 0.15) is 5.82 Å². The van der Waals surface area contributed by atoms with Crippen molar-refractivity contribution in [1.29, 1.82) is 0 Å². The first kappa shape index (κ1) is 22.7. The second-order valence-electron chi connectivity index (χ2n) is 6.85. The third kappa shape index (κ3) is 4.95. The van der Waals surface area contributed by atoms with E-state index in [0.717, 1.165) is 17.7 Å². The maximum absolute atomic E-state index is 13.3. The number of benzene rings is 3. The van der Waals surface area contributed by atoms with Crippen LogP contribution in [0.1, 0.15) is 11.1 Å². The fourth-order valence-corrected chi connectivity index (χ4v) is 4.34. The number of halogens is 6. The van der Waals surface area contributed by atoms with Gasteiger partial charge in [0.15, 0.2) is 5.16 Å². The fourth-order valence-electron chi connectivity index (χ4n) is 3.10. The quantitative estimate of drug-likeness (QED) is 0.204. The van der Waals surface area contributed by atoms with Crippen LogP contribution < -0.4 is 0 Å². The maximum atomic E-state index is 13.3. The first-order valence-electron chi connectivity index (χ1n) is 9.30. The van der Waals surface area contributed by atoms with Crippen LogP contribution in [-0.2, 0) is 11.9 Å². The van der Waals surface area contributed by atoms with Gasteiger partial charge in [0.25, 0.3) is 0 Å². The lowest BCUT2D eigenvalue weighted by Gasteiger charge is -2.15. The lowest BCUT2D eigenvalue weighted by Crippen LogP contribution is -2.07. The number of rotatable bonds is 5. The Kier molecular flexibility index (Phi) is 6.51. The number of alkyl halides is 3. The third-order valence-electron chi connectivity index (χ3n) is 4.66. The molecule has 4 aromatic rings. The molecule has 0 unspecified atom stereocenters. The molecule has 0 radical (unpaired) electrons. The number of hydrogen-bond acceptors (Lipinski definition) is 2. The first-order valence-corrected chi connectivity index (χ1v) is 11.0. The molecule has 0 aliphatic carbocycles. The molecule has 0 fully saturated rings. The van der Waals surface area contributed by atoms with Gasteiger partial charge in [0, 0.05) is 17.0 Å². The van der Waals surface area contributed by atoms with Crippen molar-refractivity contribution in [3.05, 3.63) is 99.9 Å². The molecular formula is C23H14Cl2F4N2S. The second-order valence-corrected chi connectivity index (χ2v) is 8.61. The zero-order valence-electron chi connectivity index (χ0n) is 16.2. The van der Waals surface area contributed by atoms with Gasteiger partial charge >= 0.3 is 6.18 Å². The van der Waals surface area contributed by atoms with Crippen LogP contribution in [0.4, 0.5) is 17.6 Å². The van der Waals surface area contributed by atoms with Gasteiger partial charge in [-0.1, -0.05) is 59.2 Å². The molecule has 0 N–H and O–H groups in total. The smallest absolute Gasteiger partial charge is 0.287 e. The Labute approximate surface area is 195 Å².